The highest BCUT2D eigenvalue weighted by molar-refractivity contribution is 9.09. The third-order valence-electron chi connectivity index (χ3n) is 2.87. The molecule has 0 aromatic rings. The molecule has 0 heterocycles. The fourth-order valence-corrected chi connectivity index (χ4v) is 3.48. The second-order valence-electron chi connectivity index (χ2n) is 5.13. The van der Waals surface area contributed by atoms with Gasteiger partial charge in [-0.2, -0.15) is 0 Å². The largest absolute Gasteiger partial charge is 0.413 e. The molecule has 0 spiro atoms. The van der Waals surface area contributed by atoms with E-state index in [4.69, 9.17) is 4.43 Å². The molecule has 0 aliphatic heterocycles. The Morgan fingerprint density at radius 2 is 1.71 bits per heavy atom. The molecule has 14 heavy (non-hydrogen) atoms. The van der Waals surface area contributed by atoms with Gasteiger partial charge in [0.1, 0.15) is 0 Å². The van der Waals surface area contributed by atoms with Crippen molar-refractivity contribution in [2.24, 2.45) is 0 Å². The summed E-state index contributed by atoms with van der Waals surface area (Å²) in [6.45, 7) is 11.4. The van der Waals surface area contributed by atoms with Crippen molar-refractivity contribution in [1.29, 1.82) is 0 Å². The predicted molar refractivity (Wildman–Crippen MR) is 74.3 cm³/mol. The van der Waals surface area contributed by atoms with Gasteiger partial charge in [0.15, 0.2) is 8.32 Å². The molecule has 1 nitrogen and oxygen atoms in total. The highest BCUT2D eigenvalue weighted by Gasteiger charge is 2.38. The van der Waals surface area contributed by atoms with E-state index in [1.54, 1.807) is 0 Å². The zero-order valence-corrected chi connectivity index (χ0v) is 14.0. The van der Waals surface area contributed by atoms with Crippen LogP contribution in [0.15, 0.2) is 0 Å². The van der Waals surface area contributed by atoms with Gasteiger partial charge in [-0.25, -0.2) is 0 Å². The van der Waals surface area contributed by atoms with Crippen LogP contribution in [0.25, 0.3) is 0 Å². The van der Waals surface area contributed by atoms with Crippen LogP contribution < -0.4 is 0 Å². The lowest BCUT2D eigenvalue weighted by molar-refractivity contribution is 0.202. The van der Waals surface area contributed by atoms with Crippen LogP contribution in [-0.2, 0) is 4.43 Å². The topological polar surface area (TPSA) is 9.23 Å². The molecule has 0 aromatic carbocycles. The van der Waals surface area contributed by atoms with Gasteiger partial charge in [0.05, 0.1) is 6.10 Å². The normalized spacial score (nSPS) is 15.6. The van der Waals surface area contributed by atoms with Gasteiger partial charge in [-0.05, 0) is 24.6 Å². The number of hydrogen-bond donors (Lipinski definition) is 0. The lowest BCUT2D eigenvalue weighted by Gasteiger charge is -2.38. The van der Waals surface area contributed by atoms with Crippen LogP contribution in [0, 0.1) is 0 Å². The molecule has 4 heteroatoms. The molecular weight excluding hydrogens is 324 g/mol. The van der Waals surface area contributed by atoms with Gasteiger partial charge in [-0.1, -0.05) is 52.6 Å². The Kier molecular flexibility index (Phi) is 6.51. The molecule has 1 unspecified atom stereocenters. The van der Waals surface area contributed by atoms with Gasteiger partial charge in [-0.15, -0.1) is 0 Å². The van der Waals surface area contributed by atoms with Crippen molar-refractivity contribution in [2.75, 3.05) is 10.7 Å². The number of rotatable bonds is 5. The quantitative estimate of drug-likeness (QED) is 0.524. The van der Waals surface area contributed by atoms with E-state index >= 15 is 0 Å². The molecule has 0 aliphatic rings. The lowest BCUT2D eigenvalue weighted by atomic mass is 10.2. The van der Waals surface area contributed by atoms with Crippen LogP contribution in [0.2, 0.25) is 18.1 Å². The molecule has 0 N–H and O–H groups in total. The van der Waals surface area contributed by atoms with E-state index in [1.807, 2.05) is 0 Å². The Morgan fingerprint density at radius 1 is 1.21 bits per heavy atom. The van der Waals surface area contributed by atoms with Crippen LogP contribution >= 0.6 is 31.9 Å². The Labute approximate surface area is 106 Å². The summed E-state index contributed by atoms with van der Waals surface area (Å²) >= 11 is 6.98. The first-order valence-corrected chi connectivity index (χ1v) is 10.2. The van der Waals surface area contributed by atoms with Gasteiger partial charge in [0.2, 0.25) is 0 Å². The summed E-state index contributed by atoms with van der Waals surface area (Å²) in [5, 5.41) is 2.25. The van der Waals surface area contributed by atoms with E-state index in [9.17, 15) is 0 Å². The zero-order valence-electron chi connectivity index (χ0n) is 9.86. The first-order chi connectivity index (χ1) is 6.24. The maximum atomic E-state index is 6.25. The molecule has 0 rings (SSSR count). The molecular formula is C10H22Br2OSi. The van der Waals surface area contributed by atoms with Gasteiger partial charge in [0.25, 0.3) is 0 Å². The Bertz CT molecular complexity index is 166. The second-order valence-corrected chi connectivity index (χ2v) is 11.3. The maximum absolute atomic E-state index is 6.25. The van der Waals surface area contributed by atoms with Gasteiger partial charge in [-0.3, -0.25) is 0 Å². The number of hydrogen-bond acceptors (Lipinski definition) is 1. The standard InChI is InChI=1S/C10H22Br2OSi/c1-10(2,3)14(4,5)13-9(8-12)6-7-11/h9H,6-8H2,1-5H3. The first kappa shape index (κ1) is 15.1. The Hall–Kier alpha value is 1.14. The molecule has 0 fully saturated rings. The maximum Gasteiger partial charge on any atom is 0.192 e. The third-order valence-corrected chi connectivity index (χ3v) is 8.59. The average Bonchev–Trinajstić information content (AvgIpc) is 2.01. The van der Waals surface area contributed by atoms with E-state index in [0.717, 1.165) is 17.1 Å². The molecule has 1 atom stereocenters. The van der Waals surface area contributed by atoms with E-state index in [-0.39, 0.29) is 0 Å². The number of alkyl halides is 2. The first-order valence-electron chi connectivity index (χ1n) is 5.04. The molecule has 0 aromatic heterocycles. The Balaban J connectivity index is 4.32. The van der Waals surface area contributed by atoms with Crippen LogP contribution in [0.1, 0.15) is 27.2 Å². The summed E-state index contributed by atoms with van der Waals surface area (Å²) in [5.41, 5.74) is 0. The fraction of sp³-hybridized carbons (Fsp3) is 1.00. The van der Waals surface area contributed by atoms with E-state index in [1.165, 1.54) is 0 Å². The Morgan fingerprint density at radius 3 is 2.00 bits per heavy atom. The average molecular weight is 346 g/mol. The molecule has 0 bridgehead atoms. The molecule has 0 aliphatic carbocycles. The smallest absolute Gasteiger partial charge is 0.192 e. The molecule has 0 saturated heterocycles. The third kappa shape index (κ3) is 4.77. The van der Waals surface area contributed by atoms with Crippen molar-refractivity contribution >= 4 is 40.2 Å². The number of halogens is 2. The molecule has 0 radical (unpaired) electrons. The highest BCUT2D eigenvalue weighted by atomic mass is 79.9. The van der Waals surface area contributed by atoms with Crippen LogP contribution in [0.4, 0.5) is 0 Å². The minimum atomic E-state index is -1.58. The van der Waals surface area contributed by atoms with Crippen molar-refractivity contribution < 1.29 is 4.43 Å². The minimum Gasteiger partial charge on any atom is -0.413 e. The monoisotopic (exact) mass is 344 g/mol. The summed E-state index contributed by atoms with van der Waals surface area (Å²) in [5.74, 6) is 0. The van der Waals surface area contributed by atoms with E-state index < -0.39 is 8.32 Å². The summed E-state index contributed by atoms with van der Waals surface area (Å²) in [6, 6.07) is 0. The zero-order chi connectivity index (χ0) is 11.4. The van der Waals surface area contributed by atoms with Crippen molar-refractivity contribution in [3.05, 3.63) is 0 Å². The minimum absolute atomic E-state index is 0.305. The van der Waals surface area contributed by atoms with Gasteiger partial charge in [0, 0.05) is 10.7 Å². The van der Waals surface area contributed by atoms with Crippen molar-refractivity contribution in [2.45, 2.75) is 51.4 Å². The van der Waals surface area contributed by atoms with Gasteiger partial charge < -0.3 is 4.43 Å². The summed E-state index contributed by atoms with van der Waals surface area (Å²) in [7, 11) is -1.58. The molecule has 0 amide bonds. The predicted octanol–water partition coefficient (Wildman–Crippen LogP) is 4.56. The molecule has 86 valence electrons. The van der Waals surface area contributed by atoms with E-state index in [0.29, 0.717) is 11.1 Å². The SMILES string of the molecule is CC(C)(C)[Si](C)(C)OC(CBr)CCBr. The van der Waals surface area contributed by atoms with Crippen molar-refractivity contribution in [3.63, 3.8) is 0 Å². The molecule has 0 saturated carbocycles. The van der Waals surface area contributed by atoms with Crippen LogP contribution in [-0.4, -0.2) is 25.1 Å². The summed E-state index contributed by atoms with van der Waals surface area (Å²) in [4.78, 5) is 0. The second kappa shape index (κ2) is 6.02. The van der Waals surface area contributed by atoms with E-state index in [2.05, 4.69) is 65.7 Å². The fourth-order valence-electron chi connectivity index (χ4n) is 0.883. The lowest BCUT2D eigenvalue weighted by Crippen LogP contribution is -2.44. The van der Waals surface area contributed by atoms with Gasteiger partial charge >= 0.3 is 0 Å². The summed E-state index contributed by atoms with van der Waals surface area (Å²) in [6.07, 6.45) is 1.44. The summed E-state index contributed by atoms with van der Waals surface area (Å²) < 4.78 is 6.25. The van der Waals surface area contributed by atoms with Crippen molar-refractivity contribution in [3.8, 4) is 0 Å². The highest BCUT2D eigenvalue weighted by Crippen LogP contribution is 2.37. The van der Waals surface area contributed by atoms with Crippen LogP contribution in [0.5, 0.6) is 0 Å². The van der Waals surface area contributed by atoms with Crippen molar-refractivity contribution in [1.82, 2.24) is 0 Å². The van der Waals surface area contributed by atoms with Crippen LogP contribution in [0.3, 0.4) is 0 Å².